The average molecular weight is 248 g/mol. The summed E-state index contributed by atoms with van der Waals surface area (Å²) in [5.74, 6) is 1.41. The highest BCUT2D eigenvalue weighted by Gasteiger charge is 2.47. The molecule has 1 heterocycles. The molecule has 96 valence electrons. The topological polar surface area (TPSA) is 33.4 Å². The molecule has 0 spiro atoms. The Morgan fingerprint density at radius 3 is 2.72 bits per heavy atom. The Morgan fingerprint density at radius 2 is 2.06 bits per heavy atom. The normalized spacial score (nSPS) is 27.7. The summed E-state index contributed by atoms with van der Waals surface area (Å²) in [5, 5.41) is 11.2. The summed E-state index contributed by atoms with van der Waals surface area (Å²) in [6.07, 6.45) is 1.46. The van der Waals surface area contributed by atoms with E-state index in [0.717, 1.165) is 12.8 Å². The predicted molar refractivity (Wildman–Crippen MR) is 67.6 cm³/mol. The summed E-state index contributed by atoms with van der Waals surface area (Å²) in [6.45, 7) is 4.33. The van der Waals surface area contributed by atoms with E-state index in [9.17, 15) is 9.50 Å². The Balaban J connectivity index is 1.91. The molecule has 3 rings (SSSR count). The molecule has 1 saturated carbocycles. The Kier molecular flexibility index (Phi) is 2.49. The first-order chi connectivity index (χ1) is 8.48. The number of halogens is 1. The summed E-state index contributed by atoms with van der Waals surface area (Å²) in [7, 11) is 0. The van der Waals surface area contributed by atoms with Gasteiger partial charge in [-0.3, -0.25) is 0 Å². The SMILES string of the molecule is CC(C)C1CC(O)(c2cc3cc(F)ccc3o2)C1. The van der Waals surface area contributed by atoms with E-state index >= 15 is 0 Å². The zero-order valence-corrected chi connectivity index (χ0v) is 10.6. The van der Waals surface area contributed by atoms with Gasteiger partial charge in [-0.05, 0) is 48.9 Å². The van der Waals surface area contributed by atoms with Crippen LogP contribution in [0.25, 0.3) is 11.0 Å². The fourth-order valence-corrected chi connectivity index (χ4v) is 2.72. The third kappa shape index (κ3) is 1.74. The van der Waals surface area contributed by atoms with Gasteiger partial charge in [0, 0.05) is 5.39 Å². The first-order valence-electron chi connectivity index (χ1n) is 6.40. The molecule has 2 aromatic rings. The minimum absolute atomic E-state index is 0.282. The second kappa shape index (κ2) is 3.82. The number of rotatable bonds is 2. The Labute approximate surface area is 105 Å². The molecule has 0 atom stereocenters. The van der Waals surface area contributed by atoms with E-state index in [1.807, 2.05) is 0 Å². The maximum atomic E-state index is 13.1. The highest BCUT2D eigenvalue weighted by atomic mass is 19.1. The minimum atomic E-state index is -0.857. The van der Waals surface area contributed by atoms with Gasteiger partial charge in [0.25, 0.3) is 0 Å². The van der Waals surface area contributed by atoms with Crippen LogP contribution in [0.2, 0.25) is 0 Å². The smallest absolute Gasteiger partial charge is 0.136 e. The Morgan fingerprint density at radius 1 is 1.33 bits per heavy atom. The molecule has 0 radical (unpaired) electrons. The van der Waals surface area contributed by atoms with Gasteiger partial charge in [0.15, 0.2) is 0 Å². The van der Waals surface area contributed by atoms with E-state index in [4.69, 9.17) is 4.42 Å². The van der Waals surface area contributed by atoms with Crippen molar-refractivity contribution in [1.82, 2.24) is 0 Å². The van der Waals surface area contributed by atoms with Crippen molar-refractivity contribution in [3.8, 4) is 0 Å². The van der Waals surface area contributed by atoms with Gasteiger partial charge in [0.2, 0.25) is 0 Å². The molecule has 0 amide bonds. The van der Waals surface area contributed by atoms with E-state index in [-0.39, 0.29) is 5.82 Å². The summed E-state index contributed by atoms with van der Waals surface area (Å²) in [4.78, 5) is 0. The maximum absolute atomic E-state index is 13.1. The van der Waals surface area contributed by atoms with Gasteiger partial charge in [-0.2, -0.15) is 0 Å². The molecule has 18 heavy (non-hydrogen) atoms. The van der Waals surface area contributed by atoms with Crippen LogP contribution in [0, 0.1) is 17.7 Å². The van der Waals surface area contributed by atoms with Gasteiger partial charge < -0.3 is 9.52 Å². The molecule has 0 saturated heterocycles. The van der Waals surface area contributed by atoms with Crippen LogP contribution < -0.4 is 0 Å². The number of benzene rings is 1. The molecule has 1 aromatic carbocycles. The van der Waals surface area contributed by atoms with E-state index in [0.29, 0.717) is 28.6 Å². The van der Waals surface area contributed by atoms with Gasteiger partial charge in [-0.1, -0.05) is 13.8 Å². The molecule has 0 aliphatic heterocycles. The summed E-state index contributed by atoms with van der Waals surface area (Å²) in [5.41, 5.74) is -0.224. The lowest BCUT2D eigenvalue weighted by atomic mass is 9.65. The molecule has 1 N–H and O–H groups in total. The largest absolute Gasteiger partial charge is 0.458 e. The van der Waals surface area contributed by atoms with Gasteiger partial charge >= 0.3 is 0 Å². The van der Waals surface area contributed by atoms with Crippen molar-refractivity contribution >= 4 is 11.0 Å². The van der Waals surface area contributed by atoms with Crippen LogP contribution in [-0.4, -0.2) is 5.11 Å². The number of hydrogen-bond acceptors (Lipinski definition) is 2. The van der Waals surface area contributed by atoms with E-state index in [1.54, 1.807) is 12.1 Å². The monoisotopic (exact) mass is 248 g/mol. The van der Waals surface area contributed by atoms with Gasteiger partial charge in [0.05, 0.1) is 0 Å². The molecule has 0 unspecified atom stereocenters. The van der Waals surface area contributed by atoms with Crippen LogP contribution in [0.4, 0.5) is 4.39 Å². The fourth-order valence-electron chi connectivity index (χ4n) is 2.72. The lowest BCUT2D eigenvalue weighted by molar-refractivity contribution is -0.107. The standard InChI is InChI=1S/C15H17FO2/c1-9(2)11-7-15(17,8-11)14-6-10-5-12(16)3-4-13(10)18-14/h3-6,9,11,17H,7-8H2,1-2H3. The maximum Gasteiger partial charge on any atom is 0.136 e. The molecule has 0 bridgehead atoms. The van der Waals surface area contributed by atoms with Crippen LogP contribution in [0.15, 0.2) is 28.7 Å². The molecule has 1 fully saturated rings. The molecule has 1 aliphatic rings. The quantitative estimate of drug-likeness (QED) is 0.876. The van der Waals surface area contributed by atoms with Crippen molar-refractivity contribution in [3.05, 3.63) is 35.8 Å². The number of furan rings is 1. The average Bonchev–Trinajstić information content (AvgIpc) is 2.67. The van der Waals surface area contributed by atoms with E-state index in [1.165, 1.54) is 12.1 Å². The van der Waals surface area contributed by atoms with Gasteiger partial charge in [0.1, 0.15) is 22.8 Å². The lowest BCUT2D eigenvalue weighted by Gasteiger charge is -2.44. The zero-order valence-electron chi connectivity index (χ0n) is 10.6. The molecular formula is C15H17FO2. The molecule has 1 aromatic heterocycles. The van der Waals surface area contributed by atoms with Crippen molar-refractivity contribution in [2.45, 2.75) is 32.3 Å². The Bertz CT molecular complexity index is 579. The predicted octanol–water partition coefficient (Wildman–Crippen LogP) is 3.83. The summed E-state index contributed by atoms with van der Waals surface area (Å²) >= 11 is 0. The highest BCUT2D eigenvalue weighted by Crippen LogP contribution is 2.49. The van der Waals surface area contributed by atoms with Crippen LogP contribution >= 0.6 is 0 Å². The molecular weight excluding hydrogens is 231 g/mol. The van der Waals surface area contributed by atoms with Crippen molar-refractivity contribution in [2.24, 2.45) is 11.8 Å². The van der Waals surface area contributed by atoms with Gasteiger partial charge in [-0.15, -0.1) is 0 Å². The second-order valence-electron chi connectivity index (χ2n) is 5.74. The minimum Gasteiger partial charge on any atom is -0.458 e. The van der Waals surface area contributed by atoms with Crippen molar-refractivity contribution in [3.63, 3.8) is 0 Å². The number of hydrogen-bond donors (Lipinski definition) is 1. The second-order valence-corrected chi connectivity index (χ2v) is 5.74. The summed E-state index contributed by atoms with van der Waals surface area (Å²) in [6, 6.07) is 6.17. The first-order valence-corrected chi connectivity index (χ1v) is 6.40. The van der Waals surface area contributed by atoms with E-state index < -0.39 is 5.60 Å². The molecule has 2 nitrogen and oxygen atoms in total. The molecule has 1 aliphatic carbocycles. The highest BCUT2D eigenvalue weighted by molar-refractivity contribution is 5.78. The lowest BCUT2D eigenvalue weighted by Crippen LogP contribution is -2.42. The van der Waals surface area contributed by atoms with Crippen molar-refractivity contribution < 1.29 is 13.9 Å². The molecule has 3 heteroatoms. The third-order valence-corrected chi connectivity index (χ3v) is 4.08. The van der Waals surface area contributed by atoms with Crippen LogP contribution in [0.1, 0.15) is 32.4 Å². The number of aliphatic hydroxyl groups is 1. The van der Waals surface area contributed by atoms with Crippen LogP contribution in [0.5, 0.6) is 0 Å². The third-order valence-electron chi connectivity index (χ3n) is 4.08. The zero-order chi connectivity index (χ0) is 12.9. The van der Waals surface area contributed by atoms with Crippen molar-refractivity contribution in [1.29, 1.82) is 0 Å². The fraction of sp³-hybridized carbons (Fsp3) is 0.467. The van der Waals surface area contributed by atoms with Crippen molar-refractivity contribution in [2.75, 3.05) is 0 Å². The van der Waals surface area contributed by atoms with Crippen LogP contribution in [0.3, 0.4) is 0 Å². The number of fused-ring (bicyclic) bond motifs is 1. The van der Waals surface area contributed by atoms with Crippen LogP contribution in [-0.2, 0) is 5.60 Å². The van der Waals surface area contributed by atoms with Gasteiger partial charge in [-0.25, -0.2) is 4.39 Å². The Hall–Kier alpha value is -1.35. The summed E-state index contributed by atoms with van der Waals surface area (Å²) < 4.78 is 18.7. The first kappa shape index (κ1) is 11.7. The van der Waals surface area contributed by atoms with E-state index in [2.05, 4.69) is 13.8 Å².